The Morgan fingerprint density at radius 1 is 1.67 bits per heavy atom. The Morgan fingerprint density at radius 2 is 2.33 bits per heavy atom. The van der Waals surface area contributed by atoms with Gasteiger partial charge in [-0.25, -0.2) is 4.79 Å². The Labute approximate surface area is 67.2 Å². The molecule has 0 aliphatic carbocycles. The van der Waals surface area contributed by atoms with Crippen LogP contribution in [0.1, 0.15) is 0 Å². The van der Waals surface area contributed by atoms with Gasteiger partial charge in [0, 0.05) is 0 Å². The van der Waals surface area contributed by atoms with Crippen LogP contribution in [0.3, 0.4) is 0 Å². The summed E-state index contributed by atoms with van der Waals surface area (Å²) < 4.78 is 9.18. The van der Waals surface area contributed by atoms with Gasteiger partial charge >= 0.3 is 6.16 Å². The monoisotopic (exact) mass is 242 g/mol. The molecule has 0 spiro atoms. The molecular weight excluding hydrogens is 235 g/mol. The number of hydrogen-bond acceptors (Lipinski definition) is 3. The standard InChI is InChI=1S/C5H7IO3/c1-2-3-8-5(7)9-4-6/h2H,1,3-4H2. The van der Waals surface area contributed by atoms with E-state index < -0.39 is 6.16 Å². The van der Waals surface area contributed by atoms with E-state index >= 15 is 0 Å². The minimum absolute atomic E-state index is 0.204. The summed E-state index contributed by atoms with van der Waals surface area (Å²) in [5.41, 5.74) is 0. The van der Waals surface area contributed by atoms with Crippen LogP contribution in [0.15, 0.2) is 12.7 Å². The van der Waals surface area contributed by atoms with Crippen molar-refractivity contribution in [2.75, 3.05) is 11.2 Å². The van der Waals surface area contributed by atoms with Gasteiger partial charge in [0.25, 0.3) is 0 Å². The molecule has 4 heteroatoms. The van der Waals surface area contributed by atoms with Crippen LogP contribution in [0, 0.1) is 0 Å². The summed E-state index contributed by atoms with van der Waals surface area (Å²) in [6.45, 7) is 3.56. The first-order valence-corrected chi connectivity index (χ1v) is 3.80. The summed E-state index contributed by atoms with van der Waals surface area (Å²) in [6, 6.07) is 0. The summed E-state index contributed by atoms with van der Waals surface area (Å²) in [4.78, 5) is 10.3. The van der Waals surface area contributed by atoms with E-state index in [0.29, 0.717) is 4.61 Å². The van der Waals surface area contributed by atoms with Crippen molar-refractivity contribution in [3.8, 4) is 0 Å². The molecule has 0 aromatic heterocycles. The van der Waals surface area contributed by atoms with Gasteiger partial charge in [-0.3, -0.25) is 0 Å². The predicted octanol–water partition coefficient (Wildman–Crippen LogP) is 1.72. The quantitative estimate of drug-likeness (QED) is 0.327. The van der Waals surface area contributed by atoms with Gasteiger partial charge in [0.1, 0.15) is 11.2 Å². The van der Waals surface area contributed by atoms with Crippen molar-refractivity contribution in [3.05, 3.63) is 12.7 Å². The molecule has 0 amide bonds. The topological polar surface area (TPSA) is 35.5 Å². The number of carbonyl (C=O) groups is 1. The summed E-state index contributed by atoms with van der Waals surface area (Å²) in [7, 11) is 0. The maximum absolute atomic E-state index is 10.3. The number of hydrogen-bond donors (Lipinski definition) is 0. The van der Waals surface area contributed by atoms with Crippen LogP contribution in [0.4, 0.5) is 4.79 Å². The van der Waals surface area contributed by atoms with E-state index in [1.807, 2.05) is 22.6 Å². The number of ether oxygens (including phenoxy) is 2. The van der Waals surface area contributed by atoms with Crippen LogP contribution in [-0.2, 0) is 9.47 Å². The molecule has 0 aromatic rings. The molecule has 52 valence electrons. The van der Waals surface area contributed by atoms with Crippen molar-refractivity contribution in [2.24, 2.45) is 0 Å². The van der Waals surface area contributed by atoms with Crippen molar-refractivity contribution < 1.29 is 14.3 Å². The molecule has 3 nitrogen and oxygen atoms in total. The molecule has 0 radical (unpaired) electrons. The zero-order chi connectivity index (χ0) is 7.11. The van der Waals surface area contributed by atoms with E-state index in [4.69, 9.17) is 0 Å². The van der Waals surface area contributed by atoms with Gasteiger partial charge in [-0.15, -0.1) is 0 Å². The fraction of sp³-hybridized carbons (Fsp3) is 0.400. The smallest absolute Gasteiger partial charge is 0.430 e. The first kappa shape index (κ1) is 8.74. The summed E-state index contributed by atoms with van der Waals surface area (Å²) >= 11 is 1.91. The third-order valence-electron chi connectivity index (χ3n) is 0.491. The fourth-order valence-electron chi connectivity index (χ4n) is 0.213. The third-order valence-corrected chi connectivity index (χ3v) is 0.803. The van der Waals surface area contributed by atoms with Gasteiger partial charge in [0.15, 0.2) is 0 Å². The zero-order valence-corrected chi connectivity index (χ0v) is 6.96. The van der Waals surface area contributed by atoms with Crippen molar-refractivity contribution >= 4 is 28.7 Å². The average Bonchev–Trinajstić information content (AvgIpc) is 1.85. The highest BCUT2D eigenvalue weighted by Gasteiger charge is 1.97. The van der Waals surface area contributed by atoms with Gasteiger partial charge in [0.05, 0.1) is 0 Å². The van der Waals surface area contributed by atoms with E-state index in [-0.39, 0.29) is 6.61 Å². The molecule has 0 heterocycles. The molecular formula is C5H7IO3. The van der Waals surface area contributed by atoms with E-state index in [0.717, 1.165) is 0 Å². The predicted molar refractivity (Wildman–Crippen MR) is 41.5 cm³/mol. The fourth-order valence-corrected chi connectivity index (χ4v) is 0.467. The number of carbonyl (C=O) groups excluding carboxylic acids is 1. The lowest BCUT2D eigenvalue weighted by Gasteiger charge is -1.98. The zero-order valence-electron chi connectivity index (χ0n) is 4.80. The largest absolute Gasteiger partial charge is 0.509 e. The Bertz CT molecular complexity index is 102. The Balaban J connectivity index is 3.16. The lowest BCUT2D eigenvalue weighted by molar-refractivity contribution is 0.0798. The summed E-state index contributed by atoms with van der Waals surface area (Å²) in [6.07, 6.45) is 0.832. The second-order valence-electron chi connectivity index (χ2n) is 1.10. The van der Waals surface area contributed by atoms with Gasteiger partial charge in [-0.2, -0.15) is 0 Å². The highest BCUT2D eigenvalue weighted by Crippen LogP contribution is 1.88. The van der Waals surface area contributed by atoms with Gasteiger partial charge in [-0.1, -0.05) is 12.7 Å². The van der Waals surface area contributed by atoms with Crippen LogP contribution in [0.2, 0.25) is 0 Å². The molecule has 0 fully saturated rings. The Kier molecular flexibility index (Phi) is 5.70. The molecule has 0 atom stereocenters. The maximum Gasteiger partial charge on any atom is 0.509 e. The average molecular weight is 242 g/mol. The van der Waals surface area contributed by atoms with E-state index in [9.17, 15) is 4.79 Å². The van der Waals surface area contributed by atoms with Crippen LogP contribution in [0.25, 0.3) is 0 Å². The normalized spacial score (nSPS) is 8.11. The van der Waals surface area contributed by atoms with Crippen LogP contribution in [0.5, 0.6) is 0 Å². The van der Waals surface area contributed by atoms with E-state index in [1.54, 1.807) is 0 Å². The minimum Gasteiger partial charge on any atom is -0.430 e. The van der Waals surface area contributed by atoms with Crippen molar-refractivity contribution in [2.45, 2.75) is 0 Å². The molecule has 0 bridgehead atoms. The van der Waals surface area contributed by atoms with Crippen molar-refractivity contribution in [1.82, 2.24) is 0 Å². The van der Waals surface area contributed by atoms with Crippen LogP contribution in [-0.4, -0.2) is 17.4 Å². The SMILES string of the molecule is C=CCOC(=O)OCI. The molecule has 0 saturated heterocycles. The van der Waals surface area contributed by atoms with E-state index in [2.05, 4.69) is 16.1 Å². The highest BCUT2D eigenvalue weighted by molar-refractivity contribution is 14.1. The molecule has 0 aliphatic heterocycles. The third kappa shape index (κ3) is 5.61. The van der Waals surface area contributed by atoms with Crippen molar-refractivity contribution in [1.29, 1.82) is 0 Å². The van der Waals surface area contributed by atoms with Gasteiger partial charge in [0.2, 0.25) is 0 Å². The van der Waals surface area contributed by atoms with Gasteiger partial charge in [-0.05, 0) is 22.6 Å². The van der Waals surface area contributed by atoms with Crippen LogP contribution >= 0.6 is 22.6 Å². The molecule has 0 aromatic carbocycles. The van der Waals surface area contributed by atoms with Crippen molar-refractivity contribution in [3.63, 3.8) is 0 Å². The van der Waals surface area contributed by atoms with Gasteiger partial charge < -0.3 is 9.47 Å². The first-order chi connectivity index (χ1) is 4.31. The number of rotatable bonds is 3. The second-order valence-corrected chi connectivity index (χ2v) is 1.73. The molecule has 0 aliphatic rings. The number of alkyl halides is 1. The molecule has 0 unspecified atom stereocenters. The molecule has 0 saturated carbocycles. The van der Waals surface area contributed by atoms with Crippen LogP contribution < -0.4 is 0 Å². The second kappa shape index (κ2) is 5.87. The lowest BCUT2D eigenvalue weighted by atomic mass is 10.7. The lowest BCUT2D eigenvalue weighted by Crippen LogP contribution is -2.05. The Hall–Kier alpha value is -0.260. The first-order valence-electron chi connectivity index (χ1n) is 2.27. The highest BCUT2D eigenvalue weighted by atomic mass is 127. The van der Waals surface area contributed by atoms with E-state index in [1.165, 1.54) is 6.08 Å². The molecule has 0 rings (SSSR count). The minimum atomic E-state index is -0.649. The summed E-state index contributed by atoms with van der Waals surface area (Å²) in [5, 5.41) is 0. The maximum atomic E-state index is 10.3. The number of halogens is 1. The Morgan fingerprint density at radius 3 is 2.78 bits per heavy atom. The summed E-state index contributed by atoms with van der Waals surface area (Å²) in [5.74, 6) is 0. The molecule has 0 N–H and O–H groups in total. The molecule has 9 heavy (non-hydrogen) atoms.